The van der Waals surface area contributed by atoms with E-state index in [1.54, 1.807) is 0 Å². The van der Waals surface area contributed by atoms with E-state index < -0.39 is 0 Å². The molecule has 0 bridgehead atoms. The Morgan fingerprint density at radius 2 is 1.58 bits per heavy atom. The zero-order valence-corrected chi connectivity index (χ0v) is 10.6. The van der Waals surface area contributed by atoms with Crippen molar-refractivity contribution < 1.29 is 4.79 Å². The van der Waals surface area contributed by atoms with Gasteiger partial charge in [0.15, 0.2) is 0 Å². The van der Waals surface area contributed by atoms with Crippen molar-refractivity contribution in [1.29, 1.82) is 0 Å². The second kappa shape index (κ2) is 5.11. The van der Waals surface area contributed by atoms with E-state index in [1.807, 2.05) is 53.4 Å². The van der Waals surface area contributed by atoms with E-state index in [9.17, 15) is 4.79 Å². The Kier molecular flexibility index (Phi) is 3.15. The summed E-state index contributed by atoms with van der Waals surface area (Å²) in [6.45, 7) is 0.674. The normalized spacial score (nSPS) is 17.7. The average molecular weight is 249 g/mol. The van der Waals surface area contributed by atoms with Gasteiger partial charge in [-0.2, -0.15) is 0 Å². The molecule has 0 aliphatic carbocycles. The van der Waals surface area contributed by atoms with Gasteiger partial charge in [-0.25, -0.2) is 0 Å². The molecule has 1 aliphatic rings. The molecule has 2 aromatic rings. The maximum Gasteiger partial charge on any atom is 0.254 e. The molecule has 0 unspecified atom stereocenters. The van der Waals surface area contributed by atoms with Crippen LogP contribution in [-0.4, -0.2) is 17.4 Å². The third-order valence-electron chi connectivity index (χ3n) is 3.38. The van der Waals surface area contributed by atoms with E-state index in [2.05, 4.69) is 24.3 Å². The van der Waals surface area contributed by atoms with Crippen molar-refractivity contribution in [1.82, 2.24) is 4.90 Å². The maximum absolute atomic E-state index is 12.5. The molecule has 19 heavy (non-hydrogen) atoms. The molecule has 2 nitrogen and oxygen atoms in total. The van der Waals surface area contributed by atoms with Crippen LogP contribution in [-0.2, 0) is 0 Å². The number of benzene rings is 2. The molecule has 0 spiro atoms. The number of amides is 1. The summed E-state index contributed by atoms with van der Waals surface area (Å²) < 4.78 is 0. The van der Waals surface area contributed by atoms with Gasteiger partial charge in [0.1, 0.15) is 0 Å². The first kappa shape index (κ1) is 11.7. The maximum atomic E-state index is 12.5. The summed E-state index contributed by atoms with van der Waals surface area (Å²) in [6, 6.07) is 19.6. The molecule has 1 heterocycles. The molecule has 0 fully saturated rings. The van der Waals surface area contributed by atoms with Gasteiger partial charge < -0.3 is 4.90 Å². The van der Waals surface area contributed by atoms with Crippen LogP contribution in [0.4, 0.5) is 0 Å². The van der Waals surface area contributed by atoms with Crippen LogP contribution in [0, 0.1) is 0 Å². The molecular weight excluding hydrogens is 234 g/mol. The van der Waals surface area contributed by atoms with Crippen LogP contribution < -0.4 is 0 Å². The summed E-state index contributed by atoms with van der Waals surface area (Å²) in [5, 5.41) is 0. The van der Waals surface area contributed by atoms with E-state index in [4.69, 9.17) is 0 Å². The van der Waals surface area contributed by atoms with Gasteiger partial charge >= 0.3 is 0 Å². The third kappa shape index (κ3) is 2.29. The molecule has 1 aliphatic heterocycles. The lowest BCUT2D eigenvalue weighted by molar-refractivity contribution is 0.0749. The van der Waals surface area contributed by atoms with Gasteiger partial charge in [0.2, 0.25) is 0 Å². The molecule has 94 valence electrons. The van der Waals surface area contributed by atoms with E-state index in [-0.39, 0.29) is 11.9 Å². The van der Waals surface area contributed by atoms with Crippen LogP contribution in [0.25, 0.3) is 0 Å². The van der Waals surface area contributed by atoms with Crippen molar-refractivity contribution in [2.24, 2.45) is 0 Å². The Labute approximate surface area is 113 Å². The Bertz CT molecular complexity index is 589. The van der Waals surface area contributed by atoms with Gasteiger partial charge in [-0.15, -0.1) is 0 Å². The topological polar surface area (TPSA) is 20.3 Å². The van der Waals surface area contributed by atoms with Crippen molar-refractivity contribution in [2.75, 3.05) is 6.54 Å². The van der Waals surface area contributed by atoms with Crippen LogP contribution in [0.15, 0.2) is 72.8 Å². The third-order valence-corrected chi connectivity index (χ3v) is 3.38. The summed E-state index contributed by atoms with van der Waals surface area (Å²) in [5.41, 5.74) is 1.90. The minimum Gasteiger partial charge on any atom is -0.324 e. The zero-order valence-electron chi connectivity index (χ0n) is 10.6. The highest BCUT2D eigenvalue weighted by Crippen LogP contribution is 2.27. The quantitative estimate of drug-likeness (QED) is 0.747. The highest BCUT2D eigenvalue weighted by atomic mass is 16.2. The largest absolute Gasteiger partial charge is 0.324 e. The number of carbonyl (C=O) groups excluding carboxylic acids is 1. The molecule has 2 aromatic carbocycles. The highest BCUT2D eigenvalue weighted by Gasteiger charge is 2.26. The predicted octanol–water partition coefficient (Wildman–Crippen LogP) is 3.44. The van der Waals surface area contributed by atoms with Crippen LogP contribution in [0.1, 0.15) is 22.0 Å². The standard InChI is InChI=1S/C17H15NO/c19-17(15-10-5-2-6-11-15)18-13-7-12-16(18)14-8-3-1-4-9-14/h1-12,16H,13H2/t16-/m0/s1. The molecule has 3 rings (SSSR count). The first-order chi connectivity index (χ1) is 9.36. The predicted molar refractivity (Wildman–Crippen MR) is 75.8 cm³/mol. The van der Waals surface area contributed by atoms with Crippen molar-refractivity contribution in [3.63, 3.8) is 0 Å². The van der Waals surface area contributed by atoms with Crippen LogP contribution >= 0.6 is 0 Å². The first-order valence-electron chi connectivity index (χ1n) is 6.44. The van der Waals surface area contributed by atoms with Crippen molar-refractivity contribution >= 4 is 5.91 Å². The van der Waals surface area contributed by atoms with Crippen molar-refractivity contribution in [2.45, 2.75) is 6.04 Å². The fourth-order valence-electron chi connectivity index (χ4n) is 2.42. The number of rotatable bonds is 2. The van der Waals surface area contributed by atoms with Gasteiger partial charge in [0.25, 0.3) is 5.91 Å². The van der Waals surface area contributed by atoms with Gasteiger partial charge in [0, 0.05) is 12.1 Å². The Balaban J connectivity index is 1.88. The van der Waals surface area contributed by atoms with E-state index in [0.29, 0.717) is 6.54 Å². The Morgan fingerprint density at radius 1 is 0.947 bits per heavy atom. The second-order valence-electron chi connectivity index (χ2n) is 4.61. The lowest BCUT2D eigenvalue weighted by Gasteiger charge is -2.25. The molecule has 0 saturated carbocycles. The SMILES string of the molecule is O=C(c1ccccc1)N1CC=C[C@H]1c1ccccc1. The smallest absolute Gasteiger partial charge is 0.254 e. The van der Waals surface area contributed by atoms with Gasteiger partial charge in [-0.05, 0) is 17.7 Å². The molecule has 0 radical (unpaired) electrons. The molecule has 1 amide bonds. The highest BCUT2D eigenvalue weighted by molar-refractivity contribution is 5.95. The lowest BCUT2D eigenvalue weighted by atomic mass is 10.1. The minimum atomic E-state index is 0.0499. The summed E-state index contributed by atoms with van der Waals surface area (Å²) >= 11 is 0. The first-order valence-corrected chi connectivity index (χ1v) is 6.44. The zero-order chi connectivity index (χ0) is 13.1. The molecular formula is C17H15NO. The second-order valence-corrected chi connectivity index (χ2v) is 4.61. The average Bonchev–Trinajstić information content (AvgIpc) is 2.98. The van der Waals surface area contributed by atoms with Crippen LogP contribution in [0.2, 0.25) is 0 Å². The molecule has 1 atom stereocenters. The number of hydrogen-bond donors (Lipinski definition) is 0. The molecule has 0 aromatic heterocycles. The monoisotopic (exact) mass is 249 g/mol. The number of nitrogens with zero attached hydrogens (tertiary/aromatic N) is 1. The Hall–Kier alpha value is -2.35. The fourth-order valence-corrected chi connectivity index (χ4v) is 2.42. The van der Waals surface area contributed by atoms with Gasteiger partial charge in [-0.1, -0.05) is 60.7 Å². The van der Waals surface area contributed by atoms with Crippen LogP contribution in [0.3, 0.4) is 0 Å². The van der Waals surface area contributed by atoms with E-state index >= 15 is 0 Å². The molecule has 0 saturated heterocycles. The van der Waals surface area contributed by atoms with Gasteiger partial charge in [0.05, 0.1) is 6.04 Å². The molecule has 2 heteroatoms. The lowest BCUT2D eigenvalue weighted by Crippen LogP contribution is -2.31. The van der Waals surface area contributed by atoms with Crippen molar-refractivity contribution in [3.05, 3.63) is 83.9 Å². The van der Waals surface area contributed by atoms with Gasteiger partial charge in [-0.3, -0.25) is 4.79 Å². The number of hydrogen-bond acceptors (Lipinski definition) is 1. The van der Waals surface area contributed by atoms with Crippen LogP contribution in [0.5, 0.6) is 0 Å². The van der Waals surface area contributed by atoms with E-state index in [0.717, 1.165) is 11.1 Å². The molecule has 0 N–H and O–H groups in total. The summed E-state index contributed by atoms with van der Waals surface area (Å²) in [7, 11) is 0. The van der Waals surface area contributed by atoms with Crippen molar-refractivity contribution in [3.8, 4) is 0 Å². The fraction of sp³-hybridized carbons (Fsp3) is 0.118. The summed E-state index contributed by atoms with van der Waals surface area (Å²) in [6.07, 6.45) is 4.15. The minimum absolute atomic E-state index is 0.0499. The number of carbonyl (C=O) groups is 1. The Morgan fingerprint density at radius 3 is 2.26 bits per heavy atom. The summed E-state index contributed by atoms with van der Waals surface area (Å²) in [4.78, 5) is 14.4. The summed E-state index contributed by atoms with van der Waals surface area (Å²) in [5.74, 6) is 0.0828. The van der Waals surface area contributed by atoms with E-state index in [1.165, 1.54) is 0 Å².